The van der Waals surface area contributed by atoms with Crippen molar-refractivity contribution in [3.05, 3.63) is 0 Å². The van der Waals surface area contributed by atoms with Gasteiger partial charge in [0.05, 0.1) is 6.61 Å². The first-order valence-electron chi connectivity index (χ1n) is 3.20. The maximum atomic E-state index is 4.89. The number of hydroxylamine groups is 1. The Morgan fingerprint density at radius 2 is 2.00 bits per heavy atom. The molecule has 0 aromatic heterocycles. The van der Waals surface area contributed by atoms with Crippen LogP contribution in [0.3, 0.4) is 0 Å². The van der Waals surface area contributed by atoms with Crippen molar-refractivity contribution in [1.29, 1.82) is 0 Å². The third-order valence-corrected chi connectivity index (χ3v) is 0.994. The van der Waals surface area contributed by atoms with Crippen molar-refractivity contribution in [3.63, 3.8) is 0 Å². The fraction of sp³-hybridized carbons (Fsp3) is 1.00. The molecule has 0 saturated carbocycles. The van der Waals surface area contributed by atoms with Crippen LogP contribution < -0.4 is 5.48 Å². The highest BCUT2D eigenvalue weighted by molar-refractivity contribution is 5.75. The van der Waals surface area contributed by atoms with E-state index in [0.29, 0.717) is 0 Å². The van der Waals surface area contributed by atoms with Gasteiger partial charge >= 0.3 is 0 Å². The molecule has 0 unspecified atom stereocenters. The van der Waals surface area contributed by atoms with Gasteiger partial charge in [-0.25, -0.2) is 5.48 Å². The zero-order chi connectivity index (χ0) is 6.24. The van der Waals surface area contributed by atoms with Crippen LogP contribution in [0.5, 0.6) is 0 Å². The van der Waals surface area contributed by atoms with Gasteiger partial charge in [0, 0.05) is 15.5 Å². The molecule has 1 N–H and O–H groups in total. The zero-order valence-electron chi connectivity index (χ0n) is 6.31. The fourth-order valence-corrected chi connectivity index (χ4v) is 0.526. The van der Waals surface area contributed by atoms with Crippen LogP contribution in [0.15, 0.2) is 0 Å². The standard InChI is InChI=1S/C6H15NO.B/c1-3-4-5-6-8-7-2;/h7H,3-6H2,1-2H3;. The first-order chi connectivity index (χ1) is 3.91. The second-order valence-electron chi connectivity index (χ2n) is 1.76. The summed E-state index contributed by atoms with van der Waals surface area (Å²) in [6, 6.07) is 0. The van der Waals surface area contributed by atoms with Gasteiger partial charge in [0.1, 0.15) is 0 Å². The molecule has 3 radical (unpaired) electrons. The Bertz CT molecular complexity index is 38.0. The first kappa shape index (κ1) is 11.7. The lowest BCUT2D eigenvalue weighted by Gasteiger charge is -1.97. The van der Waals surface area contributed by atoms with Gasteiger partial charge in [-0.2, -0.15) is 0 Å². The minimum atomic E-state index is 0. The summed E-state index contributed by atoms with van der Waals surface area (Å²) in [5, 5.41) is 0. The molecule has 0 aliphatic rings. The van der Waals surface area contributed by atoms with E-state index in [1.54, 1.807) is 7.05 Å². The number of nitrogens with one attached hydrogen (secondary N) is 1. The number of hydrogen-bond acceptors (Lipinski definition) is 2. The first-order valence-corrected chi connectivity index (χ1v) is 3.20. The van der Waals surface area contributed by atoms with E-state index < -0.39 is 0 Å². The number of hydrogen-bond donors (Lipinski definition) is 1. The molecule has 2 nitrogen and oxygen atoms in total. The summed E-state index contributed by atoms with van der Waals surface area (Å²) in [4.78, 5) is 4.89. The van der Waals surface area contributed by atoms with Crippen LogP contribution in [0, 0.1) is 0 Å². The Morgan fingerprint density at radius 1 is 1.33 bits per heavy atom. The molecule has 0 aliphatic heterocycles. The van der Waals surface area contributed by atoms with Crippen molar-refractivity contribution in [2.75, 3.05) is 13.7 Å². The number of unbranched alkanes of at least 4 members (excludes halogenated alkanes) is 2. The van der Waals surface area contributed by atoms with Crippen LogP contribution >= 0.6 is 0 Å². The van der Waals surface area contributed by atoms with Gasteiger partial charge in [-0.05, 0) is 6.42 Å². The molecular weight excluding hydrogens is 113 g/mol. The quantitative estimate of drug-likeness (QED) is 0.338. The van der Waals surface area contributed by atoms with E-state index in [1.165, 1.54) is 12.8 Å². The summed E-state index contributed by atoms with van der Waals surface area (Å²) in [5.74, 6) is 0. The van der Waals surface area contributed by atoms with E-state index in [4.69, 9.17) is 4.84 Å². The Labute approximate surface area is 59.5 Å². The molecule has 0 amide bonds. The van der Waals surface area contributed by atoms with Crippen molar-refractivity contribution >= 4 is 8.41 Å². The summed E-state index contributed by atoms with van der Waals surface area (Å²) < 4.78 is 0. The third-order valence-electron chi connectivity index (χ3n) is 0.994. The predicted molar refractivity (Wildman–Crippen MR) is 40.3 cm³/mol. The lowest BCUT2D eigenvalue weighted by molar-refractivity contribution is 0.0553. The van der Waals surface area contributed by atoms with Gasteiger partial charge in [-0.15, -0.1) is 0 Å². The molecule has 0 aromatic rings. The second-order valence-corrected chi connectivity index (χ2v) is 1.76. The lowest BCUT2D eigenvalue weighted by atomic mass is 10.3. The van der Waals surface area contributed by atoms with Gasteiger partial charge in [0.15, 0.2) is 0 Å². The van der Waals surface area contributed by atoms with E-state index in [2.05, 4.69) is 12.4 Å². The molecule has 0 spiro atoms. The van der Waals surface area contributed by atoms with Gasteiger partial charge in [0.25, 0.3) is 0 Å². The van der Waals surface area contributed by atoms with Crippen LogP contribution in [0.4, 0.5) is 0 Å². The van der Waals surface area contributed by atoms with Crippen LogP contribution in [-0.4, -0.2) is 22.1 Å². The monoisotopic (exact) mass is 128 g/mol. The highest BCUT2D eigenvalue weighted by Gasteiger charge is 1.82. The van der Waals surface area contributed by atoms with Crippen LogP contribution in [-0.2, 0) is 4.84 Å². The van der Waals surface area contributed by atoms with E-state index in [9.17, 15) is 0 Å². The summed E-state index contributed by atoms with van der Waals surface area (Å²) in [5.41, 5.74) is 2.63. The van der Waals surface area contributed by atoms with Gasteiger partial charge < -0.3 is 4.84 Å². The molecule has 53 valence electrons. The van der Waals surface area contributed by atoms with E-state index in [1.807, 2.05) is 0 Å². The maximum absolute atomic E-state index is 4.89. The van der Waals surface area contributed by atoms with Crippen molar-refractivity contribution in [2.45, 2.75) is 26.2 Å². The minimum absolute atomic E-state index is 0. The molecule has 0 atom stereocenters. The fourth-order valence-electron chi connectivity index (χ4n) is 0.526. The lowest BCUT2D eigenvalue weighted by Crippen LogP contribution is -2.07. The van der Waals surface area contributed by atoms with E-state index in [0.717, 1.165) is 13.0 Å². The highest BCUT2D eigenvalue weighted by atomic mass is 16.6. The second kappa shape index (κ2) is 10.9. The molecule has 0 fully saturated rings. The molecule has 0 bridgehead atoms. The van der Waals surface area contributed by atoms with Crippen molar-refractivity contribution < 1.29 is 4.84 Å². The normalized spacial score (nSPS) is 8.67. The van der Waals surface area contributed by atoms with Crippen LogP contribution in [0.1, 0.15) is 26.2 Å². The Balaban J connectivity index is 0. The maximum Gasteiger partial charge on any atom is 0.0682 e. The van der Waals surface area contributed by atoms with E-state index in [-0.39, 0.29) is 8.41 Å². The van der Waals surface area contributed by atoms with Crippen molar-refractivity contribution in [1.82, 2.24) is 5.48 Å². The summed E-state index contributed by atoms with van der Waals surface area (Å²) in [6.07, 6.45) is 3.69. The van der Waals surface area contributed by atoms with Crippen molar-refractivity contribution in [3.8, 4) is 0 Å². The van der Waals surface area contributed by atoms with Gasteiger partial charge in [-0.1, -0.05) is 19.8 Å². The van der Waals surface area contributed by atoms with Crippen molar-refractivity contribution in [2.24, 2.45) is 0 Å². The Kier molecular flexibility index (Phi) is 14.2. The summed E-state index contributed by atoms with van der Waals surface area (Å²) in [7, 11) is 1.78. The molecule has 3 heteroatoms. The molecule has 0 rings (SSSR count). The summed E-state index contributed by atoms with van der Waals surface area (Å²) in [6.45, 7) is 3.02. The number of rotatable bonds is 5. The van der Waals surface area contributed by atoms with Crippen LogP contribution in [0.2, 0.25) is 0 Å². The Hall–Kier alpha value is -0.0151. The van der Waals surface area contributed by atoms with Crippen LogP contribution in [0.25, 0.3) is 0 Å². The zero-order valence-corrected chi connectivity index (χ0v) is 6.31. The molecule has 0 aliphatic carbocycles. The Morgan fingerprint density at radius 3 is 2.44 bits per heavy atom. The average molecular weight is 128 g/mol. The van der Waals surface area contributed by atoms with Gasteiger partial charge in [-0.3, -0.25) is 0 Å². The molecule has 9 heavy (non-hydrogen) atoms. The summed E-state index contributed by atoms with van der Waals surface area (Å²) >= 11 is 0. The average Bonchev–Trinajstić information content (AvgIpc) is 1.81. The molecule has 0 heterocycles. The third kappa shape index (κ3) is 11.5. The van der Waals surface area contributed by atoms with Gasteiger partial charge in [0.2, 0.25) is 0 Å². The molecular formula is C6H15BNO. The highest BCUT2D eigenvalue weighted by Crippen LogP contribution is 1.91. The SMILES string of the molecule is CCCCCONC.[B]. The minimum Gasteiger partial charge on any atom is -0.302 e. The molecule has 0 saturated heterocycles. The smallest absolute Gasteiger partial charge is 0.0682 e. The predicted octanol–water partition coefficient (Wildman–Crippen LogP) is 0.947. The van der Waals surface area contributed by atoms with E-state index >= 15 is 0 Å². The largest absolute Gasteiger partial charge is 0.302 e. The topological polar surface area (TPSA) is 21.3 Å². The molecule has 0 aromatic carbocycles.